The van der Waals surface area contributed by atoms with E-state index in [0.717, 1.165) is 41.4 Å². The van der Waals surface area contributed by atoms with Crippen LogP contribution in [0.3, 0.4) is 0 Å². The van der Waals surface area contributed by atoms with Gasteiger partial charge in [0.05, 0.1) is 16.4 Å². The Kier molecular flexibility index (Phi) is 5.13. The third-order valence-corrected chi connectivity index (χ3v) is 5.45. The number of aryl methyl sites for hydroxylation is 2. The van der Waals surface area contributed by atoms with Gasteiger partial charge in [-0.05, 0) is 31.9 Å². The van der Waals surface area contributed by atoms with Gasteiger partial charge in [-0.2, -0.15) is 0 Å². The molecule has 0 aliphatic rings. The minimum Gasteiger partial charge on any atom is -0.269 e. The Morgan fingerprint density at radius 2 is 2.04 bits per heavy atom. The maximum Gasteiger partial charge on any atom is 0.258 e. The van der Waals surface area contributed by atoms with Gasteiger partial charge in [-0.1, -0.05) is 13.0 Å². The highest BCUT2D eigenvalue weighted by Crippen LogP contribution is 2.19. The molecule has 0 radical (unpaired) electrons. The van der Waals surface area contributed by atoms with E-state index >= 15 is 0 Å². The fraction of sp³-hybridized carbons (Fsp3) is 0.353. The summed E-state index contributed by atoms with van der Waals surface area (Å²) in [7, 11) is 0. The summed E-state index contributed by atoms with van der Waals surface area (Å²) in [6.07, 6.45) is 2.18. The van der Waals surface area contributed by atoms with Crippen LogP contribution in [0.15, 0.2) is 34.4 Å². The average Bonchev–Trinajstić information content (AvgIpc) is 2.95. The Hall–Kier alpha value is -1.66. The second-order valence-electron chi connectivity index (χ2n) is 5.42. The number of rotatable bonds is 6. The molecule has 0 atom stereocenters. The summed E-state index contributed by atoms with van der Waals surface area (Å²) in [5.74, 6) is 1.58. The largest absolute Gasteiger partial charge is 0.269 e. The highest BCUT2D eigenvalue weighted by Gasteiger charge is 2.06. The van der Waals surface area contributed by atoms with Crippen molar-refractivity contribution in [3.63, 3.8) is 0 Å². The fourth-order valence-corrected chi connectivity index (χ4v) is 4.26. The van der Waals surface area contributed by atoms with Crippen molar-refractivity contribution in [2.24, 2.45) is 0 Å². The van der Waals surface area contributed by atoms with Crippen LogP contribution in [-0.2, 0) is 17.9 Å². The number of fused-ring (bicyclic) bond motifs is 1. The van der Waals surface area contributed by atoms with Gasteiger partial charge in [0.15, 0.2) is 0 Å². The Balaban J connectivity index is 1.68. The summed E-state index contributed by atoms with van der Waals surface area (Å²) < 4.78 is 1.64. The van der Waals surface area contributed by atoms with E-state index in [-0.39, 0.29) is 5.56 Å². The third kappa shape index (κ3) is 3.82. The van der Waals surface area contributed by atoms with E-state index in [1.54, 1.807) is 33.6 Å². The second kappa shape index (κ2) is 7.27. The fourth-order valence-electron chi connectivity index (χ4n) is 2.44. The summed E-state index contributed by atoms with van der Waals surface area (Å²) >= 11 is 3.48. The van der Waals surface area contributed by atoms with Crippen LogP contribution in [0.4, 0.5) is 0 Å². The molecule has 3 aromatic rings. The summed E-state index contributed by atoms with van der Waals surface area (Å²) in [5.41, 5.74) is 3.56. The molecule has 23 heavy (non-hydrogen) atoms. The SMILES string of the molecule is CCCc1nc(CSCc2cc(=O)n3c(C)cccc3n2)cs1. The highest BCUT2D eigenvalue weighted by atomic mass is 32.2. The molecule has 0 aliphatic heterocycles. The van der Waals surface area contributed by atoms with Crippen LogP contribution in [0.5, 0.6) is 0 Å². The summed E-state index contributed by atoms with van der Waals surface area (Å²) in [5, 5.41) is 3.34. The lowest BCUT2D eigenvalue weighted by Crippen LogP contribution is -2.17. The molecule has 6 heteroatoms. The topological polar surface area (TPSA) is 47.3 Å². The zero-order chi connectivity index (χ0) is 16.2. The zero-order valence-corrected chi connectivity index (χ0v) is 14.9. The van der Waals surface area contributed by atoms with Crippen molar-refractivity contribution in [1.29, 1.82) is 0 Å². The molecular weight excluding hydrogens is 326 g/mol. The van der Waals surface area contributed by atoms with Crippen molar-refractivity contribution in [1.82, 2.24) is 14.4 Å². The number of nitrogens with zero attached hydrogens (tertiary/aromatic N) is 3. The molecule has 4 nitrogen and oxygen atoms in total. The van der Waals surface area contributed by atoms with E-state index in [4.69, 9.17) is 0 Å². The average molecular weight is 345 g/mol. The molecule has 0 amide bonds. The number of hydrogen-bond acceptors (Lipinski definition) is 5. The van der Waals surface area contributed by atoms with Crippen molar-refractivity contribution in [3.8, 4) is 0 Å². The number of hydrogen-bond donors (Lipinski definition) is 0. The van der Waals surface area contributed by atoms with Crippen LogP contribution in [0.1, 0.15) is 35.4 Å². The molecule has 0 aromatic carbocycles. The van der Waals surface area contributed by atoms with E-state index < -0.39 is 0 Å². The first-order valence-corrected chi connectivity index (χ1v) is 9.70. The van der Waals surface area contributed by atoms with E-state index in [2.05, 4.69) is 22.3 Å². The Bertz CT molecular complexity index is 870. The normalized spacial score (nSPS) is 11.2. The third-order valence-electron chi connectivity index (χ3n) is 3.50. The molecule has 0 saturated carbocycles. The van der Waals surface area contributed by atoms with Gasteiger partial charge < -0.3 is 0 Å². The summed E-state index contributed by atoms with van der Waals surface area (Å²) in [6, 6.07) is 7.36. The van der Waals surface area contributed by atoms with Crippen LogP contribution in [0.25, 0.3) is 5.65 Å². The maximum atomic E-state index is 12.2. The van der Waals surface area contributed by atoms with Crippen LogP contribution in [0.2, 0.25) is 0 Å². The number of pyridine rings is 1. The maximum absolute atomic E-state index is 12.2. The number of thioether (sulfide) groups is 1. The van der Waals surface area contributed by atoms with Gasteiger partial charge in [0.1, 0.15) is 5.65 Å². The standard InChI is InChI=1S/C17H19N3OS2/c1-3-5-16-19-14(11-23-16)10-22-9-13-8-17(21)20-12(2)6-4-7-15(20)18-13/h4,6-8,11H,3,5,9-10H2,1-2H3. The lowest BCUT2D eigenvalue weighted by molar-refractivity contribution is 0.902. The first-order valence-electron chi connectivity index (χ1n) is 7.66. The van der Waals surface area contributed by atoms with Gasteiger partial charge in [0, 0.05) is 28.6 Å². The Morgan fingerprint density at radius 1 is 1.22 bits per heavy atom. The quantitative estimate of drug-likeness (QED) is 0.681. The first kappa shape index (κ1) is 16.2. The predicted molar refractivity (Wildman–Crippen MR) is 97.3 cm³/mol. The van der Waals surface area contributed by atoms with Crippen LogP contribution in [0, 0.1) is 6.92 Å². The first-order chi connectivity index (χ1) is 11.2. The molecular formula is C17H19N3OS2. The smallest absolute Gasteiger partial charge is 0.258 e. The van der Waals surface area contributed by atoms with Gasteiger partial charge in [-0.15, -0.1) is 23.1 Å². The zero-order valence-electron chi connectivity index (χ0n) is 13.3. The lowest BCUT2D eigenvalue weighted by Gasteiger charge is -2.06. The Labute approximate surface area is 143 Å². The minimum atomic E-state index is -0.0115. The monoisotopic (exact) mass is 345 g/mol. The van der Waals surface area contributed by atoms with Crippen molar-refractivity contribution in [3.05, 3.63) is 62.1 Å². The van der Waals surface area contributed by atoms with Gasteiger partial charge >= 0.3 is 0 Å². The summed E-state index contributed by atoms with van der Waals surface area (Å²) in [4.78, 5) is 21.4. The predicted octanol–water partition coefficient (Wildman–Crippen LogP) is 3.85. The molecule has 120 valence electrons. The van der Waals surface area contributed by atoms with Gasteiger partial charge in [0.25, 0.3) is 5.56 Å². The van der Waals surface area contributed by atoms with Gasteiger partial charge in [-0.25, -0.2) is 9.97 Å². The van der Waals surface area contributed by atoms with E-state index in [1.165, 1.54) is 5.01 Å². The lowest BCUT2D eigenvalue weighted by atomic mass is 10.3. The van der Waals surface area contributed by atoms with E-state index in [1.807, 2.05) is 25.1 Å². The molecule has 0 saturated heterocycles. The number of aromatic nitrogens is 3. The van der Waals surface area contributed by atoms with Crippen LogP contribution >= 0.6 is 23.1 Å². The van der Waals surface area contributed by atoms with Crippen molar-refractivity contribution < 1.29 is 0 Å². The van der Waals surface area contributed by atoms with Crippen LogP contribution in [-0.4, -0.2) is 14.4 Å². The van der Waals surface area contributed by atoms with Crippen molar-refractivity contribution >= 4 is 28.7 Å². The minimum absolute atomic E-state index is 0.0115. The molecule has 0 bridgehead atoms. The second-order valence-corrected chi connectivity index (χ2v) is 7.35. The van der Waals surface area contributed by atoms with E-state index in [0.29, 0.717) is 5.65 Å². The highest BCUT2D eigenvalue weighted by molar-refractivity contribution is 7.97. The van der Waals surface area contributed by atoms with Crippen molar-refractivity contribution in [2.75, 3.05) is 0 Å². The Morgan fingerprint density at radius 3 is 2.87 bits per heavy atom. The van der Waals surface area contributed by atoms with Crippen molar-refractivity contribution in [2.45, 2.75) is 38.2 Å². The molecule has 3 rings (SSSR count). The molecule has 0 fully saturated rings. The molecule has 0 unspecified atom stereocenters. The molecule has 0 spiro atoms. The molecule has 3 heterocycles. The van der Waals surface area contributed by atoms with Gasteiger partial charge in [0.2, 0.25) is 0 Å². The number of thiazole rings is 1. The molecule has 0 N–H and O–H groups in total. The van der Waals surface area contributed by atoms with E-state index in [9.17, 15) is 4.79 Å². The molecule has 3 aromatic heterocycles. The van der Waals surface area contributed by atoms with Gasteiger partial charge in [-0.3, -0.25) is 9.20 Å². The molecule has 0 aliphatic carbocycles. The summed E-state index contributed by atoms with van der Waals surface area (Å²) in [6.45, 7) is 4.09. The van der Waals surface area contributed by atoms with Crippen LogP contribution < -0.4 is 5.56 Å².